The molecule has 114 valence electrons. The van der Waals surface area contributed by atoms with Gasteiger partial charge >= 0.3 is 0 Å². The van der Waals surface area contributed by atoms with Crippen LogP contribution >= 0.6 is 0 Å². The molecule has 0 spiro atoms. The van der Waals surface area contributed by atoms with E-state index in [4.69, 9.17) is 0 Å². The minimum Gasteiger partial charge on any atom is -0.325 e. The van der Waals surface area contributed by atoms with Gasteiger partial charge in [-0.15, -0.1) is 0 Å². The number of aryl methyl sites for hydroxylation is 3. The summed E-state index contributed by atoms with van der Waals surface area (Å²) in [6, 6.07) is 7.57. The van der Waals surface area contributed by atoms with Gasteiger partial charge in [0.15, 0.2) is 0 Å². The van der Waals surface area contributed by atoms with Crippen LogP contribution in [0.5, 0.6) is 0 Å². The normalized spacial score (nSPS) is 13.0. The summed E-state index contributed by atoms with van der Waals surface area (Å²) in [5.41, 5.74) is 3.47. The number of anilines is 1. The van der Waals surface area contributed by atoms with Gasteiger partial charge in [0.25, 0.3) is 5.56 Å². The van der Waals surface area contributed by atoms with Crippen molar-refractivity contribution >= 4 is 11.6 Å². The zero-order valence-electron chi connectivity index (χ0n) is 12.8. The number of aromatic nitrogens is 2. The van der Waals surface area contributed by atoms with Crippen LogP contribution in [0, 0.1) is 13.8 Å². The molecule has 0 fully saturated rings. The summed E-state index contributed by atoms with van der Waals surface area (Å²) in [4.78, 5) is 29.1. The molecule has 0 saturated heterocycles. The number of carbonyl (C=O) groups excluding carboxylic acids is 1. The molecule has 0 radical (unpaired) electrons. The van der Waals surface area contributed by atoms with Crippen molar-refractivity contribution in [1.29, 1.82) is 0 Å². The molecule has 1 N–H and O–H groups in total. The van der Waals surface area contributed by atoms with Crippen LogP contribution in [0.25, 0.3) is 0 Å². The van der Waals surface area contributed by atoms with E-state index in [9.17, 15) is 9.59 Å². The SMILES string of the molecule is Cc1ccc(NC(=O)Cn2c(C)nc3c(c2=O)CCC3)cc1. The number of nitrogens with one attached hydrogen (secondary N) is 1. The summed E-state index contributed by atoms with van der Waals surface area (Å²) in [5, 5.41) is 2.81. The molecule has 0 saturated carbocycles. The quantitative estimate of drug-likeness (QED) is 0.942. The molecule has 0 aliphatic heterocycles. The van der Waals surface area contributed by atoms with Crippen LogP contribution in [0.3, 0.4) is 0 Å². The number of hydrogen-bond donors (Lipinski definition) is 1. The molecule has 1 heterocycles. The van der Waals surface area contributed by atoms with Gasteiger partial charge in [-0.1, -0.05) is 17.7 Å². The van der Waals surface area contributed by atoms with Crippen molar-refractivity contribution in [2.75, 3.05) is 5.32 Å². The minimum atomic E-state index is -0.214. The number of fused-ring (bicyclic) bond motifs is 1. The Kier molecular flexibility index (Phi) is 3.79. The lowest BCUT2D eigenvalue weighted by Crippen LogP contribution is -2.32. The molecule has 5 nitrogen and oxygen atoms in total. The molecule has 2 aromatic rings. The van der Waals surface area contributed by atoms with E-state index in [-0.39, 0.29) is 18.0 Å². The van der Waals surface area contributed by atoms with E-state index in [1.54, 1.807) is 6.92 Å². The molecule has 3 rings (SSSR count). The number of carbonyl (C=O) groups is 1. The summed E-state index contributed by atoms with van der Waals surface area (Å²) in [5.74, 6) is 0.388. The molecule has 5 heteroatoms. The first-order chi connectivity index (χ1) is 10.5. The first kappa shape index (κ1) is 14.5. The summed E-state index contributed by atoms with van der Waals surface area (Å²) in [6.07, 6.45) is 2.60. The zero-order chi connectivity index (χ0) is 15.7. The lowest BCUT2D eigenvalue weighted by Gasteiger charge is -2.12. The number of hydrogen-bond acceptors (Lipinski definition) is 3. The third-order valence-corrected chi connectivity index (χ3v) is 4.02. The Morgan fingerprint density at radius 2 is 1.95 bits per heavy atom. The third kappa shape index (κ3) is 2.79. The fourth-order valence-electron chi connectivity index (χ4n) is 2.81. The average molecular weight is 297 g/mol. The lowest BCUT2D eigenvalue weighted by atomic mass is 10.2. The molecule has 1 aliphatic rings. The maximum absolute atomic E-state index is 12.5. The summed E-state index contributed by atoms with van der Waals surface area (Å²) in [7, 11) is 0. The predicted octanol–water partition coefficient (Wildman–Crippen LogP) is 1.99. The Morgan fingerprint density at radius 3 is 2.68 bits per heavy atom. The third-order valence-electron chi connectivity index (χ3n) is 4.02. The molecule has 22 heavy (non-hydrogen) atoms. The summed E-state index contributed by atoms with van der Waals surface area (Å²) >= 11 is 0. The van der Waals surface area contributed by atoms with Gasteiger partial charge in [-0.3, -0.25) is 14.2 Å². The molecular weight excluding hydrogens is 278 g/mol. The number of nitrogens with zero attached hydrogens (tertiary/aromatic N) is 2. The van der Waals surface area contributed by atoms with Crippen molar-refractivity contribution in [3.63, 3.8) is 0 Å². The second-order valence-electron chi connectivity index (χ2n) is 5.74. The predicted molar refractivity (Wildman–Crippen MR) is 85.1 cm³/mol. The molecule has 1 amide bonds. The van der Waals surface area contributed by atoms with Gasteiger partial charge in [-0.25, -0.2) is 4.98 Å². The van der Waals surface area contributed by atoms with Gasteiger partial charge in [0.1, 0.15) is 12.4 Å². The summed E-state index contributed by atoms with van der Waals surface area (Å²) in [6.45, 7) is 3.77. The molecule has 0 bridgehead atoms. The Labute approximate surface area is 129 Å². The summed E-state index contributed by atoms with van der Waals surface area (Å²) < 4.78 is 1.47. The average Bonchev–Trinajstić information content (AvgIpc) is 2.94. The smallest absolute Gasteiger partial charge is 0.257 e. The highest BCUT2D eigenvalue weighted by atomic mass is 16.2. The number of rotatable bonds is 3. The van der Waals surface area contributed by atoms with Crippen LogP contribution in [-0.4, -0.2) is 15.5 Å². The largest absolute Gasteiger partial charge is 0.325 e. The highest BCUT2D eigenvalue weighted by Gasteiger charge is 2.20. The van der Waals surface area contributed by atoms with E-state index in [1.165, 1.54) is 4.57 Å². The molecule has 1 aliphatic carbocycles. The fraction of sp³-hybridized carbons (Fsp3) is 0.353. The maximum Gasteiger partial charge on any atom is 0.257 e. The Balaban J connectivity index is 1.80. The van der Waals surface area contributed by atoms with Crippen molar-refractivity contribution in [3.05, 3.63) is 57.3 Å². The Morgan fingerprint density at radius 1 is 1.23 bits per heavy atom. The van der Waals surface area contributed by atoms with Gasteiger partial charge in [-0.05, 0) is 45.2 Å². The van der Waals surface area contributed by atoms with Crippen molar-refractivity contribution in [3.8, 4) is 0 Å². The van der Waals surface area contributed by atoms with Crippen LogP contribution in [0.1, 0.15) is 29.1 Å². The van der Waals surface area contributed by atoms with E-state index < -0.39 is 0 Å². The standard InChI is InChI=1S/C17H19N3O2/c1-11-6-8-13(9-7-11)19-16(21)10-20-12(2)18-15-5-3-4-14(15)17(20)22/h6-9H,3-5,10H2,1-2H3,(H,19,21). The molecular formula is C17H19N3O2. The number of benzene rings is 1. The van der Waals surface area contributed by atoms with Crippen LogP contribution in [-0.2, 0) is 24.2 Å². The van der Waals surface area contributed by atoms with Crippen molar-refractivity contribution in [2.45, 2.75) is 39.7 Å². The first-order valence-electron chi connectivity index (χ1n) is 7.50. The van der Waals surface area contributed by atoms with Gasteiger partial charge < -0.3 is 5.32 Å². The van der Waals surface area contributed by atoms with E-state index in [2.05, 4.69) is 10.3 Å². The molecule has 1 aromatic heterocycles. The van der Waals surface area contributed by atoms with Crippen molar-refractivity contribution in [1.82, 2.24) is 9.55 Å². The topological polar surface area (TPSA) is 64.0 Å². The second kappa shape index (κ2) is 5.75. The molecule has 1 aromatic carbocycles. The van der Waals surface area contributed by atoms with Gasteiger partial charge in [0, 0.05) is 11.3 Å². The van der Waals surface area contributed by atoms with Gasteiger partial charge in [0.2, 0.25) is 5.91 Å². The first-order valence-corrected chi connectivity index (χ1v) is 7.50. The van der Waals surface area contributed by atoms with E-state index in [0.717, 1.165) is 41.8 Å². The second-order valence-corrected chi connectivity index (χ2v) is 5.74. The van der Waals surface area contributed by atoms with Crippen LogP contribution in [0.4, 0.5) is 5.69 Å². The lowest BCUT2D eigenvalue weighted by molar-refractivity contribution is -0.116. The monoisotopic (exact) mass is 297 g/mol. The van der Waals surface area contributed by atoms with Crippen LogP contribution in [0.2, 0.25) is 0 Å². The maximum atomic E-state index is 12.5. The number of amides is 1. The van der Waals surface area contributed by atoms with Crippen LogP contribution < -0.4 is 10.9 Å². The fourth-order valence-corrected chi connectivity index (χ4v) is 2.81. The minimum absolute atomic E-state index is 0.00117. The Hall–Kier alpha value is -2.43. The molecule has 0 unspecified atom stereocenters. The molecule has 0 atom stereocenters. The van der Waals surface area contributed by atoms with E-state index in [0.29, 0.717) is 5.82 Å². The highest BCUT2D eigenvalue weighted by molar-refractivity contribution is 5.90. The van der Waals surface area contributed by atoms with Gasteiger partial charge in [0.05, 0.1) is 5.69 Å². The van der Waals surface area contributed by atoms with E-state index >= 15 is 0 Å². The Bertz CT molecular complexity index is 776. The van der Waals surface area contributed by atoms with Gasteiger partial charge in [-0.2, -0.15) is 0 Å². The van der Waals surface area contributed by atoms with Crippen molar-refractivity contribution in [2.24, 2.45) is 0 Å². The zero-order valence-corrected chi connectivity index (χ0v) is 12.8. The van der Waals surface area contributed by atoms with Crippen molar-refractivity contribution < 1.29 is 4.79 Å². The van der Waals surface area contributed by atoms with Crippen LogP contribution in [0.15, 0.2) is 29.1 Å². The van der Waals surface area contributed by atoms with E-state index in [1.807, 2.05) is 31.2 Å². The highest BCUT2D eigenvalue weighted by Crippen LogP contribution is 2.16.